The summed E-state index contributed by atoms with van der Waals surface area (Å²) in [5.41, 5.74) is 2.93. The van der Waals surface area contributed by atoms with E-state index in [1.807, 2.05) is 23.2 Å². The molecule has 0 aliphatic rings. The predicted octanol–water partition coefficient (Wildman–Crippen LogP) is 0.971. The first kappa shape index (κ1) is 13.5. The Balaban J connectivity index is 2.18. The summed E-state index contributed by atoms with van der Waals surface area (Å²) in [6.45, 7) is 5.32. The van der Waals surface area contributed by atoms with Crippen molar-refractivity contribution in [2.45, 2.75) is 33.4 Å². The molecule has 0 radical (unpaired) electrons. The van der Waals surface area contributed by atoms with Gasteiger partial charge in [-0.25, -0.2) is 5.06 Å². The molecule has 0 fully saturated rings. The number of aromatic nitrogens is 4. The number of carbonyl (C=O) groups excluding carboxylic acids is 1. The van der Waals surface area contributed by atoms with Crippen molar-refractivity contribution in [3.05, 3.63) is 11.9 Å². The Kier molecular flexibility index (Phi) is 3.84. The Morgan fingerprint density at radius 2 is 2.21 bits per heavy atom. The van der Waals surface area contributed by atoms with Crippen LogP contribution in [0.5, 0.6) is 0 Å². The van der Waals surface area contributed by atoms with Gasteiger partial charge in [0.25, 0.3) is 0 Å². The van der Waals surface area contributed by atoms with Crippen LogP contribution in [0.4, 0.5) is 0 Å². The highest BCUT2D eigenvalue weighted by molar-refractivity contribution is 5.78. The number of hydrogen-bond donors (Lipinski definition) is 0. The first-order chi connectivity index (χ1) is 9.08. The molecule has 7 heteroatoms. The molecule has 0 bridgehead atoms. The van der Waals surface area contributed by atoms with Gasteiger partial charge < -0.3 is 0 Å². The molecule has 19 heavy (non-hydrogen) atoms. The monoisotopic (exact) mass is 265 g/mol. The highest BCUT2D eigenvalue weighted by atomic mass is 16.7. The van der Waals surface area contributed by atoms with Gasteiger partial charge in [0, 0.05) is 20.0 Å². The topological polar surface area (TPSA) is 65.2 Å². The summed E-state index contributed by atoms with van der Waals surface area (Å²) in [5, 5.41) is 9.99. The third-order valence-corrected chi connectivity index (χ3v) is 3.17. The lowest BCUT2D eigenvalue weighted by molar-refractivity contribution is -0.168. The molecule has 0 aromatic carbocycles. The second-order valence-electron chi connectivity index (χ2n) is 4.33. The van der Waals surface area contributed by atoms with Gasteiger partial charge in [0.05, 0.1) is 25.5 Å². The average molecular weight is 265 g/mol. The van der Waals surface area contributed by atoms with E-state index < -0.39 is 0 Å². The lowest BCUT2D eigenvalue weighted by Crippen LogP contribution is -2.26. The Morgan fingerprint density at radius 3 is 2.84 bits per heavy atom. The molecule has 2 rings (SSSR count). The molecule has 0 spiro atoms. The minimum atomic E-state index is -0.0771. The van der Waals surface area contributed by atoms with Gasteiger partial charge in [-0.15, -0.1) is 0 Å². The van der Waals surface area contributed by atoms with Crippen LogP contribution in [0.25, 0.3) is 11.0 Å². The van der Waals surface area contributed by atoms with Gasteiger partial charge in [-0.2, -0.15) is 10.2 Å². The maximum atomic E-state index is 11.7. The fourth-order valence-corrected chi connectivity index (χ4v) is 2.09. The number of fused-ring (bicyclic) bond motifs is 1. The van der Waals surface area contributed by atoms with Gasteiger partial charge in [-0.05, 0) is 13.8 Å². The third kappa shape index (κ3) is 2.46. The Labute approximate surface area is 111 Å². The molecule has 2 aromatic heterocycles. The molecule has 2 heterocycles. The number of nitrogens with zero attached hydrogens (tertiary/aromatic N) is 5. The summed E-state index contributed by atoms with van der Waals surface area (Å²) in [6.07, 6.45) is 2.14. The van der Waals surface area contributed by atoms with E-state index in [-0.39, 0.29) is 5.91 Å². The molecule has 104 valence electrons. The highest BCUT2D eigenvalue weighted by Gasteiger charge is 2.14. The van der Waals surface area contributed by atoms with E-state index in [4.69, 9.17) is 4.84 Å². The molecule has 1 amide bonds. The second-order valence-corrected chi connectivity index (χ2v) is 4.33. The fourth-order valence-electron chi connectivity index (χ4n) is 2.09. The van der Waals surface area contributed by atoms with Crippen LogP contribution in [0, 0.1) is 6.92 Å². The van der Waals surface area contributed by atoms with Crippen molar-refractivity contribution in [1.82, 2.24) is 24.6 Å². The smallest absolute Gasteiger partial charge is 0.247 e. The number of hydroxylamine groups is 2. The average Bonchev–Trinajstić information content (AvgIpc) is 2.96. The maximum Gasteiger partial charge on any atom is 0.247 e. The fraction of sp³-hybridized carbons (Fsp3) is 0.583. The van der Waals surface area contributed by atoms with Crippen molar-refractivity contribution in [2.24, 2.45) is 0 Å². The first-order valence-electron chi connectivity index (χ1n) is 6.28. The van der Waals surface area contributed by atoms with E-state index in [9.17, 15) is 4.79 Å². The molecule has 0 atom stereocenters. The van der Waals surface area contributed by atoms with E-state index in [2.05, 4.69) is 10.2 Å². The van der Waals surface area contributed by atoms with Crippen molar-refractivity contribution >= 4 is 16.9 Å². The van der Waals surface area contributed by atoms with Crippen LogP contribution >= 0.6 is 0 Å². The van der Waals surface area contributed by atoms with E-state index in [0.717, 1.165) is 23.3 Å². The van der Waals surface area contributed by atoms with Gasteiger partial charge in [0.15, 0.2) is 0 Å². The van der Waals surface area contributed by atoms with E-state index in [1.165, 1.54) is 12.2 Å². The van der Waals surface area contributed by atoms with E-state index in [0.29, 0.717) is 13.0 Å². The van der Waals surface area contributed by atoms with Crippen molar-refractivity contribution in [3.63, 3.8) is 0 Å². The number of aryl methyl sites for hydroxylation is 3. The third-order valence-electron chi connectivity index (χ3n) is 3.17. The van der Waals surface area contributed by atoms with E-state index >= 15 is 0 Å². The van der Waals surface area contributed by atoms with Crippen molar-refractivity contribution in [1.29, 1.82) is 0 Å². The summed E-state index contributed by atoms with van der Waals surface area (Å²) in [7, 11) is 3.07. The predicted molar refractivity (Wildman–Crippen MR) is 70.3 cm³/mol. The van der Waals surface area contributed by atoms with Crippen LogP contribution in [-0.2, 0) is 22.7 Å². The van der Waals surface area contributed by atoms with Crippen LogP contribution in [0.3, 0.4) is 0 Å². The molecule has 0 N–H and O–H groups in total. The number of amides is 1. The molecular weight excluding hydrogens is 246 g/mol. The standard InChI is InChI=1S/C12H19N5O2/c1-5-16-10-8-13-17(12(10)9(2)14-16)7-6-11(18)15(3)19-4/h8H,5-7H2,1-4H3. The normalized spacial score (nSPS) is 11.2. The van der Waals surface area contributed by atoms with Gasteiger partial charge >= 0.3 is 0 Å². The number of carbonyl (C=O) groups is 1. The zero-order valence-corrected chi connectivity index (χ0v) is 11.8. The number of hydrogen-bond acceptors (Lipinski definition) is 4. The maximum absolute atomic E-state index is 11.7. The molecule has 7 nitrogen and oxygen atoms in total. The molecular formula is C12H19N5O2. The van der Waals surface area contributed by atoms with Crippen LogP contribution < -0.4 is 0 Å². The van der Waals surface area contributed by atoms with Crippen molar-refractivity contribution in [3.8, 4) is 0 Å². The van der Waals surface area contributed by atoms with Crippen molar-refractivity contribution in [2.75, 3.05) is 14.2 Å². The summed E-state index contributed by atoms with van der Waals surface area (Å²) >= 11 is 0. The lowest BCUT2D eigenvalue weighted by atomic mass is 10.3. The second kappa shape index (κ2) is 5.40. The van der Waals surface area contributed by atoms with Gasteiger partial charge in [-0.1, -0.05) is 0 Å². The zero-order valence-electron chi connectivity index (χ0n) is 11.8. The van der Waals surface area contributed by atoms with E-state index in [1.54, 1.807) is 13.2 Å². The van der Waals surface area contributed by atoms with Crippen LogP contribution in [0.2, 0.25) is 0 Å². The Bertz CT molecular complexity index is 586. The lowest BCUT2D eigenvalue weighted by Gasteiger charge is -2.13. The SMILES string of the molecule is CCn1nc(C)c2c1cnn2CCC(=O)N(C)OC. The first-order valence-corrected chi connectivity index (χ1v) is 6.28. The van der Waals surface area contributed by atoms with Gasteiger partial charge in [0.1, 0.15) is 11.0 Å². The summed E-state index contributed by atoms with van der Waals surface area (Å²) < 4.78 is 3.74. The Hall–Kier alpha value is -1.89. The quantitative estimate of drug-likeness (QED) is 0.756. The summed E-state index contributed by atoms with van der Waals surface area (Å²) in [5.74, 6) is -0.0771. The van der Waals surface area contributed by atoms with Crippen LogP contribution in [0.1, 0.15) is 19.0 Å². The minimum Gasteiger partial charge on any atom is -0.275 e. The Morgan fingerprint density at radius 1 is 1.47 bits per heavy atom. The van der Waals surface area contributed by atoms with Crippen LogP contribution in [0.15, 0.2) is 6.20 Å². The molecule has 0 saturated heterocycles. The molecule has 0 unspecified atom stereocenters. The zero-order chi connectivity index (χ0) is 14.0. The number of rotatable bonds is 5. The van der Waals surface area contributed by atoms with Gasteiger partial charge in [-0.3, -0.25) is 19.0 Å². The largest absolute Gasteiger partial charge is 0.275 e. The minimum absolute atomic E-state index is 0.0771. The molecule has 0 aliphatic carbocycles. The summed E-state index contributed by atoms with van der Waals surface area (Å²) in [4.78, 5) is 16.5. The van der Waals surface area contributed by atoms with Gasteiger partial charge in [0.2, 0.25) is 5.91 Å². The van der Waals surface area contributed by atoms with Crippen molar-refractivity contribution < 1.29 is 9.63 Å². The highest BCUT2D eigenvalue weighted by Crippen LogP contribution is 2.18. The van der Waals surface area contributed by atoms with Crippen LogP contribution in [-0.4, -0.2) is 44.7 Å². The molecule has 2 aromatic rings. The molecule has 0 saturated carbocycles. The molecule has 0 aliphatic heterocycles. The summed E-state index contributed by atoms with van der Waals surface area (Å²) in [6, 6.07) is 0.